The molecule has 1 N–H and O–H groups in total. The normalized spacial score (nSPS) is 12.0. The number of likely N-dealkylation sites (N-methyl/N-ethyl adjacent to an activating group) is 1. The van der Waals surface area contributed by atoms with Crippen molar-refractivity contribution < 1.29 is 8.42 Å². The van der Waals surface area contributed by atoms with Gasteiger partial charge in [0.1, 0.15) is 0 Å². The number of sulfonamides is 1. The second kappa shape index (κ2) is 7.19. The molecule has 19 heavy (non-hydrogen) atoms. The number of hydrogen-bond acceptors (Lipinski definition) is 4. The first-order chi connectivity index (χ1) is 8.97. The zero-order chi connectivity index (χ0) is 14.5. The summed E-state index contributed by atoms with van der Waals surface area (Å²) >= 11 is 1.53. The summed E-state index contributed by atoms with van der Waals surface area (Å²) in [5.74, 6) is 0. The highest BCUT2D eigenvalue weighted by Gasteiger charge is 2.25. The maximum absolute atomic E-state index is 12.5. The molecule has 0 bridgehead atoms. The van der Waals surface area contributed by atoms with E-state index in [9.17, 15) is 8.42 Å². The summed E-state index contributed by atoms with van der Waals surface area (Å²) in [5, 5.41) is 3.21. The van der Waals surface area contributed by atoms with Crippen molar-refractivity contribution in [1.82, 2.24) is 9.62 Å². The molecule has 1 rings (SSSR count). The van der Waals surface area contributed by atoms with E-state index in [4.69, 9.17) is 0 Å². The summed E-state index contributed by atoms with van der Waals surface area (Å²) < 4.78 is 26.5. The lowest BCUT2D eigenvalue weighted by molar-refractivity contribution is 0.459. The molecule has 0 spiro atoms. The molecule has 0 atom stereocenters. The molecule has 4 nitrogen and oxygen atoms in total. The summed E-state index contributed by atoms with van der Waals surface area (Å²) in [6.45, 7) is 11.7. The van der Waals surface area contributed by atoms with Gasteiger partial charge in [0.25, 0.3) is 0 Å². The number of aryl methyl sites for hydroxylation is 1. The zero-order valence-electron chi connectivity index (χ0n) is 11.8. The highest BCUT2D eigenvalue weighted by atomic mass is 32.2. The van der Waals surface area contributed by atoms with E-state index in [2.05, 4.69) is 11.9 Å². The Morgan fingerprint density at radius 1 is 1.47 bits per heavy atom. The molecule has 0 aliphatic heterocycles. The van der Waals surface area contributed by atoms with E-state index in [0.29, 0.717) is 24.5 Å². The molecule has 0 aliphatic rings. The fourth-order valence-corrected chi connectivity index (χ4v) is 4.79. The molecule has 108 valence electrons. The van der Waals surface area contributed by atoms with Gasteiger partial charge in [-0.25, -0.2) is 8.42 Å². The SMILES string of the molecule is C=CCN(CC)S(=O)(=O)c1cc(CNCC)sc1C. The van der Waals surface area contributed by atoms with Crippen LogP contribution >= 0.6 is 11.3 Å². The lowest BCUT2D eigenvalue weighted by atomic mass is 10.4. The van der Waals surface area contributed by atoms with Gasteiger partial charge in [0.05, 0.1) is 4.90 Å². The number of thiophene rings is 1. The van der Waals surface area contributed by atoms with Crippen LogP contribution in [0.5, 0.6) is 0 Å². The van der Waals surface area contributed by atoms with Crippen molar-refractivity contribution in [2.24, 2.45) is 0 Å². The van der Waals surface area contributed by atoms with Crippen LogP contribution in [0.1, 0.15) is 23.6 Å². The Bertz CT molecular complexity index is 521. The molecular formula is C13H22N2O2S2. The topological polar surface area (TPSA) is 49.4 Å². The van der Waals surface area contributed by atoms with E-state index >= 15 is 0 Å². The Balaban J connectivity index is 3.06. The number of nitrogens with zero attached hydrogens (tertiary/aromatic N) is 1. The third-order valence-electron chi connectivity index (χ3n) is 2.78. The van der Waals surface area contributed by atoms with Crippen LogP contribution in [0.3, 0.4) is 0 Å². The van der Waals surface area contributed by atoms with Crippen LogP contribution < -0.4 is 5.32 Å². The molecule has 1 aromatic rings. The molecule has 0 saturated carbocycles. The lowest BCUT2D eigenvalue weighted by Gasteiger charge is -2.18. The van der Waals surface area contributed by atoms with E-state index in [1.54, 1.807) is 12.1 Å². The van der Waals surface area contributed by atoms with Crippen molar-refractivity contribution in [3.63, 3.8) is 0 Å². The van der Waals surface area contributed by atoms with E-state index < -0.39 is 10.0 Å². The van der Waals surface area contributed by atoms with Gasteiger partial charge in [0, 0.05) is 29.4 Å². The largest absolute Gasteiger partial charge is 0.312 e. The molecule has 0 unspecified atom stereocenters. The minimum Gasteiger partial charge on any atom is -0.312 e. The maximum Gasteiger partial charge on any atom is 0.244 e. The molecule has 0 aromatic carbocycles. The molecular weight excluding hydrogens is 280 g/mol. The summed E-state index contributed by atoms with van der Waals surface area (Å²) in [6.07, 6.45) is 1.61. The van der Waals surface area contributed by atoms with E-state index in [1.165, 1.54) is 15.6 Å². The Hall–Kier alpha value is -0.690. The molecule has 0 amide bonds. The van der Waals surface area contributed by atoms with Crippen LogP contribution in [0.2, 0.25) is 0 Å². The van der Waals surface area contributed by atoms with Crippen molar-refractivity contribution in [1.29, 1.82) is 0 Å². The second-order valence-corrected chi connectivity index (χ2v) is 7.41. The van der Waals surface area contributed by atoms with Crippen molar-refractivity contribution in [2.75, 3.05) is 19.6 Å². The van der Waals surface area contributed by atoms with Gasteiger partial charge in [0.15, 0.2) is 0 Å². The summed E-state index contributed by atoms with van der Waals surface area (Å²) in [5.41, 5.74) is 0. The first-order valence-corrected chi connectivity index (χ1v) is 8.64. The van der Waals surface area contributed by atoms with Crippen LogP contribution in [0.25, 0.3) is 0 Å². The fourth-order valence-electron chi connectivity index (χ4n) is 1.80. The van der Waals surface area contributed by atoms with Crippen LogP contribution in [-0.2, 0) is 16.6 Å². The Kier molecular flexibility index (Phi) is 6.19. The van der Waals surface area contributed by atoms with Gasteiger partial charge in [-0.3, -0.25) is 0 Å². The summed E-state index contributed by atoms with van der Waals surface area (Å²) in [7, 11) is -3.40. The Labute approximate surface area is 120 Å². The lowest BCUT2D eigenvalue weighted by Crippen LogP contribution is -2.31. The second-order valence-electron chi connectivity index (χ2n) is 4.16. The van der Waals surface area contributed by atoms with Crippen molar-refractivity contribution in [2.45, 2.75) is 32.2 Å². The van der Waals surface area contributed by atoms with E-state index in [1.807, 2.05) is 20.8 Å². The standard InChI is InChI=1S/C13H22N2O2S2/c1-5-8-15(7-3)19(16,17)13-9-12(10-14-6-2)18-11(13)4/h5,9,14H,1,6-8,10H2,2-4H3. The van der Waals surface area contributed by atoms with Crippen LogP contribution in [-0.4, -0.2) is 32.4 Å². The fraction of sp³-hybridized carbons (Fsp3) is 0.538. The van der Waals surface area contributed by atoms with E-state index in [0.717, 1.165) is 16.3 Å². The minimum atomic E-state index is -3.40. The van der Waals surface area contributed by atoms with E-state index in [-0.39, 0.29) is 0 Å². The molecule has 0 saturated heterocycles. The quantitative estimate of drug-likeness (QED) is 0.750. The average molecular weight is 302 g/mol. The van der Waals surface area contributed by atoms with Crippen LogP contribution in [0, 0.1) is 6.92 Å². The van der Waals surface area contributed by atoms with Gasteiger partial charge in [-0.1, -0.05) is 19.9 Å². The number of nitrogens with one attached hydrogen (secondary N) is 1. The van der Waals surface area contributed by atoms with Gasteiger partial charge in [0.2, 0.25) is 10.0 Å². The molecule has 1 aromatic heterocycles. The summed E-state index contributed by atoms with van der Waals surface area (Å²) in [6, 6.07) is 1.78. The average Bonchev–Trinajstić information content (AvgIpc) is 2.75. The molecule has 6 heteroatoms. The third kappa shape index (κ3) is 3.89. The van der Waals surface area contributed by atoms with Gasteiger partial charge in [-0.2, -0.15) is 4.31 Å². The van der Waals surface area contributed by atoms with Gasteiger partial charge in [-0.15, -0.1) is 17.9 Å². The maximum atomic E-state index is 12.5. The predicted octanol–water partition coefficient (Wildman–Crippen LogP) is 2.36. The van der Waals surface area contributed by atoms with Crippen molar-refractivity contribution in [3.8, 4) is 0 Å². The highest BCUT2D eigenvalue weighted by molar-refractivity contribution is 7.89. The monoisotopic (exact) mass is 302 g/mol. The van der Waals surface area contributed by atoms with Crippen molar-refractivity contribution >= 4 is 21.4 Å². The first kappa shape index (κ1) is 16.4. The Morgan fingerprint density at radius 2 is 2.16 bits per heavy atom. The molecule has 1 heterocycles. The summed E-state index contributed by atoms with van der Waals surface area (Å²) in [4.78, 5) is 2.32. The Morgan fingerprint density at radius 3 is 2.68 bits per heavy atom. The van der Waals surface area contributed by atoms with Gasteiger partial charge in [-0.05, 0) is 19.5 Å². The zero-order valence-corrected chi connectivity index (χ0v) is 13.4. The highest BCUT2D eigenvalue weighted by Crippen LogP contribution is 2.28. The third-order valence-corrected chi connectivity index (χ3v) is 6.02. The number of rotatable bonds is 8. The van der Waals surface area contributed by atoms with Crippen LogP contribution in [0.4, 0.5) is 0 Å². The molecule has 0 fully saturated rings. The number of hydrogen-bond donors (Lipinski definition) is 1. The first-order valence-electron chi connectivity index (χ1n) is 6.38. The minimum absolute atomic E-state index is 0.344. The van der Waals surface area contributed by atoms with Gasteiger partial charge < -0.3 is 5.32 Å². The van der Waals surface area contributed by atoms with Crippen molar-refractivity contribution in [3.05, 3.63) is 28.5 Å². The predicted molar refractivity (Wildman–Crippen MR) is 81.1 cm³/mol. The van der Waals surface area contributed by atoms with Crippen LogP contribution in [0.15, 0.2) is 23.6 Å². The molecule has 0 aliphatic carbocycles. The molecule has 0 radical (unpaired) electrons. The smallest absolute Gasteiger partial charge is 0.244 e. The van der Waals surface area contributed by atoms with Gasteiger partial charge >= 0.3 is 0 Å².